The maximum Gasteiger partial charge on any atom is 0.407 e. The van der Waals surface area contributed by atoms with Gasteiger partial charge in [-0.2, -0.15) is 0 Å². The molecule has 3 rings (SSSR count). The fraction of sp³-hybridized carbons (Fsp3) is 0.174. The van der Waals surface area contributed by atoms with Gasteiger partial charge in [0, 0.05) is 6.04 Å². The van der Waals surface area contributed by atoms with Crippen LogP contribution < -0.4 is 5.32 Å². The number of ether oxygens (including phenoxy) is 1. The van der Waals surface area contributed by atoms with Crippen molar-refractivity contribution in [3.8, 4) is 11.1 Å². The molecule has 0 aliphatic rings. The molecule has 0 aliphatic heterocycles. The molecule has 26 heavy (non-hydrogen) atoms. The summed E-state index contributed by atoms with van der Waals surface area (Å²) < 4.78 is 5.26. The zero-order chi connectivity index (χ0) is 18.2. The number of rotatable bonds is 6. The van der Waals surface area contributed by atoms with Crippen molar-refractivity contribution in [1.29, 1.82) is 0 Å². The number of amides is 1. The van der Waals surface area contributed by atoms with Crippen molar-refractivity contribution >= 4 is 6.09 Å². The van der Waals surface area contributed by atoms with Crippen LogP contribution >= 0.6 is 0 Å². The number of carbonyl (C=O) groups is 1. The molecular weight excluding hydrogens is 322 g/mol. The topological polar surface area (TPSA) is 38.3 Å². The van der Waals surface area contributed by atoms with Crippen LogP contribution in [0.1, 0.15) is 18.1 Å². The minimum Gasteiger partial charge on any atom is -0.445 e. The summed E-state index contributed by atoms with van der Waals surface area (Å²) in [5, 5.41) is 2.88. The Balaban J connectivity index is 1.48. The first-order valence-electron chi connectivity index (χ1n) is 8.82. The lowest BCUT2D eigenvalue weighted by atomic mass is 10.0. The van der Waals surface area contributed by atoms with Gasteiger partial charge in [-0.3, -0.25) is 0 Å². The highest BCUT2D eigenvalue weighted by Crippen LogP contribution is 2.19. The SMILES string of the molecule is CC(Cc1ccc(-c2ccccc2)cc1)NC(=O)OCc1ccccc1. The number of alkyl carbamates (subject to hydrolysis) is 1. The van der Waals surface area contributed by atoms with E-state index in [0.29, 0.717) is 0 Å². The first-order valence-corrected chi connectivity index (χ1v) is 8.82. The van der Waals surface area contributed by atoms with Crippen molar-refractivity contribution in [3.05, 3.63) is 96.1 Å². The van der Waals surface area contributed by atoms with E-state index in [0.717, 1.165) is 12.0 Å². The van der Waals surface area contributed by atoms with Gasteiger partial charge in [0.05, 0.1) is 0 Å². The zero-order valence-electron chi connectivity index (χ0n) is 14.9. The van der Waals surface area contributed by atoms with E-state index in [1.807, 2.05) is 55.5 Å². The minimum atomic E-state index is -0.387. The summed E-state index contributed by atoms with van der Waals surface area (Å²) in [7, 11) is 0. The molecule has 0 aliphatic carbocycles. The van der Waals surface area contributed by atoms with E-state index in [9.17, 15) is 4.79 Å². The standard InChI is InChI=1S/C23H23NO2/c1-18(24-23(25)26-17-20-8-4-2-5-9-20)16-19-12-14-22(15-13-19)21-10-6-3-7-11-21/h2-15,18H,16-17H2,1H3,(H,24,25). The smallest absolute Gasteiger partial charge is 0.407 e. The van der Waals surface area contributed by atoms with Crippen LogP contribution in [0.5, 0.6) is 0 Å². The molecule has 1 unspecified atom stereocenters. The maximum absolute atomic E-state index is 11.9. The van der Waals surface area contributed by atoms with Crippen LogP contribution in [0, 0.1) is 0 Å². The average molecular weight is 345 g/mol. The van der Waals surface area contributed by atoms with Gasteiger partial charge in [0.25, 0.3) is 0 Å². The zero-order valence-corrected chi connectivity index (χ0v) is 14.9. The Bertz CT molecular complexity index is 814. The molecule has 0 heterocycles. The highest BCUT2D eigenvalue weighted by Gasteiger charge is 2.09. The van der Waals surface area contributed by atoms with Gasteiger partial charge >= 0.3 is 6.09 Å². The van der Waals surface area contributed by atoms with Crippen molar-refractivity contribution in [2.75, 3.05) is 0 Å². The molecule has 1 amide bonds. The normalized spacial score (nSPS) is 11.6. The third-order valence-electron chi connectivity index (χ3n) is 4.18. The molecule has 3 aromatic rings. The van der Waals surface area contributed by atoms with Crippen molar-refractivity contribution in [2.24, 2.45) is 0 Å². The molecule has 3 aromatic carbocycles. The molecule has 0 aromatic heterocycles. The minimum absolute atomic E-state index is 0.000786. The number of hydrogen-bond donors (Lipinski definition) is 1. The predicted molar refractivity (Wildman–Crippen MR) is 105 cm³/mol. The Morgan fingerprint density at radius 2 is 1.38 bits per heavy atom. The molecule has 132 valence electrons. The van der Waals surface area contributed by atoms with Crippen LogP contribution in [0.2, 0.25) is 0 Å². The van der Waals surface area contributed by atoms with E-state index in [1.165, 1.54) is 16.7 Å². The molecule has 0 saturated carbocycles. The number of benzene rings is 3. The van der Waals surface area contributed by atoms with Crippen molar-refractivity contribution < 1.29 is 9.53 Å². The van der Waals surface area contributed by atoms with Crippen LogP contribution in [0.3, 0.4) is 0 Å². The molecule has 0 radical (unpaired) electrons. The Morgan fingerprint density at radius 3 is 2.04 bits per heavy atom. The highest BCUT2D eigenvalue weighted by molar-refractivity contribution is 5.67. The summed E-state index contributed by atoms with van der Waals surface area (Å²) in [6.07, 6.45) is 0.373. The third-order valence-corrected chi connectivity index (χ3v) is 4.18. The Labute approximate surface area is 154 Å². The van der Waals surface area contributed by atoms with Gasteiger partial charge in [0.2, 0.25) is 0 Å². The second kappa shape index (κ2) is 8.86. The van der Waals surface area contributed by atoms with Crippen LogP contribution in [-0.4, -0.2) is 12.1 Å². The number of nitrogens with one attached hydrogen (secondary N) is 1. The van der Waals surface area contributed by atoms with E-state index in [2.05, 4.69) is 41.7 Å². The molecule has 0 saturated heterocycles. The van der Waals surface area contributed by atoms with Gasteiger partial charge in [-0.15, -0.1) is 0 Å². The summed E-state index contributed by atoms with van der Waals surface area (Å²) in [6.45, 7) is 2.26. The lowest BCUT2D eigenvalue weighted by Gasteiger charge is -2.14. The summed E-state index contributed by atoms with van der Waals surface area (Å²) in [4.78, 5) is 11.9. The van der Waals surface area contributed by atoms with Gasteiger partial charge in [-0.05, 0) is 35.6 Å². The van der Waals surface area contributed by atoms with Gasteiger partial charge in [-0.25, -0.2) is 4.79 Å². The lowest BCUT2D eigenvalue weighted by Crippen LogP contribution is -2.34. The molecule has 0 bridgehead atoms. The monoisotopic (exact) mass is 345 g/mol. The second-order valence-electron chi connectivity index (χ2n) is 6.37. The van der Waals surface area contributed by atoms with Gasteiger partial charge in [0.1, 0.15) is 6.61 Å². The van der Waals surface area contributed by atoms with E-state index in [4.69, 9.17) is 4.74 Å². The molecule has 3 nitrogen and oxygen atoms in total. The molecule has 0 spiro atoms. The van der Waals surface area contributed by atoms with Crippen molar-refractivity contribution in [1.82, 2.24) is 5.32 Å². The largest absolute Gasteiger partial charge is 0.445 e. The summed E-state index contributed by atoms with van der Waals surface area (Å²) in [5.41, 5.74) is 4.55. The first kappa shape index (κ1) is 17.7. The van der Waals surface area contributed by atoms with Crippen LogP contribution in [-0.2, 0) is 17.8 Å². The second-order valence-corrected chi connectivity index (χ2v) is 6.37. The van der Waals surface area contributed by atoms with Crippen molar-refractivity contribution in [2.45, 2.75) is 26.0 Å². The van der Waals surface area contributed by atoms with E-state index in [-0.39, 0.29) is 18.7 Å². The summed E-state index contributed by atoms with van der Waals surface area (Å²) >= 11 is 0. The maximum atomic E-state index is 11.9. The lowest BCUT2D eigenvalue weighted by molar-refractivity contribution is 0.136. The Morgan fingerprint density at radius 1 is 0.808 bits per heavy atom. The number of hydrogen-bond acceptors (Lipinski definition) is 2. The van der Waals surface area contributed by atoms with Crippen LogP contribution in [0.15, 0.2) is 84.9 Å². The van der Waals surface area contributed by atoms with E-state index < -0.39 is 0 Å². The first-order chi connectivity index (χ1) is 12.7. The highest BCUT2D eigenvalue weighted by atomic mass is 16.5. The van der Waals surface area contributed by atoms with Gasteiger partial charge < -0.3 is 10.1 Å². The molecule has 0 fully saturated rings. The molecular formula is C23H23NO2. The third kappa shape index (κ3) is 5.21. The van der Waals surface area contributed by atoms with E-state index >= 15 is 0 Å². The quantitative estimate of drug-likeness (QED) is 0.666. The van der Waals surface area contributed by atoms with Crippen LogP contribution in [0.25, 0.3) is 11.1 Å². The van der Waals surface area contributed by atoms with E-state index in [1.54, 1.807) is 0 Å². The Kier molecular flexibility index (Phi) is 6.05. The molecule has 3 heteroatoms. The fourth-order valence-corrected chi connectivity index (χ4v) is 2.83. The number of carbonyl (C=O) groups excluding carboxylic acids is 1. The Hall–Kier alpha value is -3.07. The average Bonchev–Trinajstić information content (AvgIpc) is 2.68. The van der Waals surface area contributed by atoms with Gasteiger partial charge in [-0.1, -0.05) is 84.9 Å². The summed E-state index contributed by atoms with van der Waals surface area (Å²) in [5.74, 6) is 0. The van der Waals surface area contributed by atoms with Gasteiger partial charge in [0.15, 0.2) is 0 Å². The van der Waals surface area contributed by atoms with Crippen molar-refractivity contribution in [3.63, 3.8) is 0 Å². The fourth-order valence-electron chi connectivity index (χ4n) is 2.83. The molecule has 1 atom stereocenters. The van der Waals surface area contributed by atoms with Crippen LogP contribution in [0.4, 0.5) is 4.79 Å². The summed E-state index contributed by atoms with van der Waals surface area (Å²) in [6, 6.07) is 28.4. The molecule has 1 N–H and O–H groups in total. The predicted octanol–water partition coefficient (Wildman–Crippen LogP) is 5.21.